The number of pyridine rings is 2. The summed E-state index contributed by atoms with van der Waals surface area (Å²) in [5.74, 6) is 0.622. The molecule has 2 heterocycles. The zero-order valence-corrected chi connectivity index (χ0v) is 12.6. The first-order valence-corrected chi connectivity index (χ1v) is 7.33. The molecule has 22 heavy (non-hydrogen) atoms. The highest BCUT2D eigenvalue weighted by Crippen LogP contribution is 2.21. The molecule has 0 aliphatic heterocycles. The number of nitrogens with zero attached hydrogens (tertiary/aromatic N) is 2. The summed E-state index contributed by atoms with van der Waals surface area (Å²) in [5, 5.41) is 0. The molecule has 3 rings (SSSR count). The average molecular weight is 290 g/mol. The summed E-state index contributed by atoms with van der Waals surface area (Å²) in [4.78, 5) is 8.60. The highest BCUT2D eigenvalue weighted by atomic mass is 16.5. The lowest BCUT2D eigenvalue weighted by atomic mass is 10.0. The van der Waals surface area contributed by atoms with Crippen LogP contribution in [0, 0.1) is 0 Å². The van der Waals surface area contributed by atoms with Gasteiger partial charge in [-0.15, -0.1) is 0 Å². The zero-order chi connectivity index (χ0) is 15.2. The maximum Gasteiger partial charge on any atom is 0.212 e. The molecule has 1 aromatic carbocycles. The Morgan fingerprint density at radius 3 is 2.36 bits per heavy atom. The second-order valence-corrected chi connectivity index (χ2v) is 5.16. The summed E-state index contributed by atoms with van der Waals surface area (Å²) in [5.41, 5.74) is 4.71. The Balaban J connectivity index is 1.74. The van der Waals surface area contributed by atoms with Gasteiger partial charge in [-0.1, -0.05) is 30.3 Å². The van der Waals surface area contributed by atoms with Crippen LogP contribution in [0.25, 0.3) is 11.1 Å². The Bertz CT molecular complexity index is 724. The van der Waals surface area contributed by atoms with Crippen LogP contribution in [0.15, 0.2) is 67.1 Å². The Hall–Kier alpha value is -2.68. The fourth-order valence-electron chi connectivity index (χ4n) is 2.39. The van der Waals surface area contributed by atoms with Crippen molar-refractivity contribution in [1.29, 1.82) is 0 Å². The van der Waals surface area contributed by atoms with Crippen molar-refractivity contribution in [2.75, 3.05) is 7.11 Å². The third-order valence-electron chi connectivity index (χ3n) is 3.62. The molecule has 2 aromatic heterocycles. The number of rotatable bonds is 5. The third-order valence-corrected chi connectivity index (χ3v) is 3.62. The van der Waals surface area contributed by atoms with E-state index in [2.05, 4.69) is 40.3 Å². The van der Waals surface area contributed by atoms with E-state index in [1.54, 1.807) is 7.11 Å². The van der Waals surface area contributed by atoms with Gasteiger partial charge in [0.25, 0.3) is 0 Å². The Morgan fingerprint density at radius 1 is 0.818 bits per heavy atom. The quantitative estimate of drug-likeness (QED) is 0.714. The second-order valence-electron chi connectivity index (χ2n) is 5.16. The van der Waals surface area contributed by atoms with E-state index in [1.807, 2.05) is 36.8 Å². The van der Waals surface area contributed by atoms with E-state index in [-0.39, 0.29) is 0 Å². The van der Waals surface area contributed by atoms with Crippen LogP contribution < -0.4 is 4.74 Å². The van der Waals surface area contributed by atoms with Gasteiger partial charge in [0, 0.05) is 35.8 Å². The second kappa shape index (κ2) is 6.85. The lowest BCUT2D eigenvalue weighted by Gasteiger charge is -2.06. The molecule has 110 valence electrons. The van der Waals surface area contributed by atoms with Gasteiger partial charge in [-0.05, 0) is 36.1 Å². The van der Waals surface area contributed by atoms with E-state index >= 15 is 0 Å². The first-order valence-electron chi connectivity index (χ1n) is 7.33. The molecule has 0 N–H and O–H groups in total. The van der Waals surface area contributed by atoms with Crippen molar-refractivity contribution in [2.45, 2.75) is 12.8 Å². The smallest absolute Gasteiger partial charge is 0.212 e. The Labute approximate surface area is 130 Å². The van der Waals surface area contributed by atoms with Crippen molar-refractivity contribution >= 4 is 0 Å². The van der Waals surface area contributed by atoms with Crippen LogP contribution in [-0.4, -0.2) is 17.1 Å². The highest BCUT2D eigenvalue weighted by molar-refractivity contribution is 5.62. The molecule has 0 atom stereocenters. The minimum atomic E-state index is 0.622. The lowest BCUT2D eigenvalue weighted by Crippen LogP contribution is -1.93. The van der Waals surface area contributed by atoms with Gasteiger partial charge >= 0.3 is 0 Å². The van der Waals surface area contributed by atoms with Gasteiger partial charge in [-0.2, -0.15) is 0 Å². The standard InChI is InChI=1S/C19H18N2O/c1-22-19-10-9-17(14-21-19)18-11-16(12-20-13-18)8-7-15-5-3-2-4-6-15/h2-6,9-14H,7-8H2,1H3. The van der Waals surface area contributed by atoms with E-state index in [0.29, 0.717) is 5.88 Å². The van der Waals surface area contributed by atoms with Crippen LogP contribution in [0.2, 0.25) is 0 Å². The summed E-state index contributed by atoms with van der Waals surface area (Å²) in [7, 11) is 1.62. The first-order chi connectivity index (χ1) is 10.8. The van der Waals surface area contributed by atoms with Crippen molar-refractivity contribution in [2.24, 2.45) is 0 Å². The van der Waals surface area contributed by atoms with E-state index in [1.165, 1.54) is 11.1 Å². The van der Waals surface area contributed by atoms with Crippen LogP contribution in [0.4, 0.5) is 0 Å². The monoisotopic (exact) mass is 290 g/mol. The molecular weight excluding hydrogens is 272 g/mol. The largest absolute Gasteiger partial charge is 0.481 e. The van der Waals surface area contributed by atoms with Gasteiger partial charge in [0.1, 0.15) is 0 Å². The van der Waals surface area contributed by atoms with Crippen molar-refractivity contribution in [3.8, 4) is 17.0 Å². The van der Waals surface area contributed by atoms with Crippen molar-refractivity contribution in [1.82, 2.24) is 9.97 Å². The highest BCUT2D eigenvalue weighted by Gasteiger charge is 2.02. The molecule has 0 aliphatic rings. The molecule has 0 amide bonds. The SMILES string of the molecule is COc1ccc(-c2cncc(CCc3ccccc3)c2)cn1. The number of aryl methyl sites for hydroxylation is 2. The van der Waals surface area contributed by atoms with Crippen molar-refractivity contribution in [3.63, 3.8) is 0 Å². The number of hydrogen-bond acceptors (Lipinski definition) is 3. The topological polar surface area (TPSA) is 35.0 Å². The predicted molar refractivity (Wildman–Crippen MR) is 87.9 cm³/mol. The molecule has 0 fully saturated rings. The van der Waals surface area contributed by atoms with E-state index in [0.717, 1.165) is 24.0 Å². The fourth-order valence-corrected chi connectivity index (χ4v) is 2.39. The third kappa shape index (κ3) is 3.50. The fraction of sp³-hybridized carbons (Fsp3) is 0.158. The number of methoxy groups -OCH3 is 1. The molecule has 0 unspecified atom stereocenters. The normalized spacial score (nSPS) is 10.4. The zero-order valence-electron chi connectivity index (χ0n) is 12.6. The van der Waals surface area contributed by atoms with Gasteiger partial charge in [-0.25, -0.2) is 4.98 Å². The molecule has 3 heteroatoms. The number of benzene rings is 1. The van der Waals surface area contributed by atoms with E-state index in [4.69, 9.17) is 4.74 Å². The number of aromatic nitrogens is 2. The van der Waals surface area contributed by atoms with Gasteiger partial charge in [0.15, 0.2) is 0 Å². The van der Waals surface area contributed by atoms with Crippen LogP contribution in [0.1, 0.15) is 11.1 Å². The van der Waals surface area contributed by atoms with E-state index in [9.17, 15) is 0 Å². The predicted octanol–water partition coefficient (Wildman–Crippen LogP) is 3.94. The Kier molecular flexibility index (Phi) is 4.44. The lowest BCUT2D eigenvalue weighted by molar-refractivity contribution is 0.398. The molecule has 0 bridgehead atoms. The van der Waals surface area contributed by atoms with Crippen molar-refractivity contribution < 1.29 is 4.74 Å². The molecular formula is C19H18N2O. The molecule has 0 radical (unpaired) electrons. The van der Waals surface area contributed by atoms with Crippen LogP contribution >= 0.6 is 0 Å². The van der Waals surface area contributed by atoms with Gasteiger partial charge in [-0.3, -0.25) is 4.98 Å². The summed E-state index contributed by atoms with van der Waals surface area (Å²) in [6.45, 7) is 0. The minimum Gasteiger partial charge on any atom is -0.481 e. The molecule has 3 aromatic rings. The number of hydrogen-bond donors (Lipinski definition) is 0. The van der Waals surface area contributed by atoms with Crippen LogP contribution in [0.5, 0.6) is 5.88 Å². The first kappa shape index (κ1) is 14.3. The maximum absolute atomic E-state index is 5.09. The maximum atomic E-state index is 5.09. The van der Waals surface area contributed by atoms with Crippen molar-refractivity contribution in [3.05, 3.63) is 78.2 Å². The summed E-state index contributed by atoms with van der Waals surface area (Å²) in [6, 6.07) is 16.6. The van der Waals surface area contributed by atoms with Gasteiger partial charge in [0.2, 0.25) is 5.88 Å². The molecule has 0 saturated heterocycles. The Morgan fingerprint density at radius 2 is 1.64 bits per heavy atom. The summed E-state index contributed by atoms with van der Waals surface area (Å²) in [6.07, 6.45) is 7.62. The summed E-state index contributed by atoms with van der Waals surface area (Å²) >= 11 is 0. The summed E-state index contributed by atoms with van der Waals surface area (Å²) < 4.78 is 5.09. The van der Waals surface area contributed by atoms with E-state index < -0.39 is 0 Å². The molecule has 0 saturated carbocycles. The van der Waals surface area contributed by atoms with Crippen LogP contribution in [0.3, 0.4) is 0 Å². The molecule has 0 aliphatic carbocycles. The molecule has 3 nitrogen and oxygen atoms in total. The average Bonchev–Trinajstić information content (AvgIpc) is 2.61. The number of ether oxygens (including phenoxy) is 1. The molecule has 0 spiro atoms. The minimum absolute atomic E-state index is 0.622. The van der Waals surface area contributed by atoms with Gasteiger partial charge < -0.3 is 4.74 Å². The van der Waals surface area contributed by atoms with Crippen LogP contribution in [-0.2, 0) is 12.8 Å². The van der Waals surface area contributed by atoms with Gasteiger partial charge in [0.05, 0.1) is 7.11 Å².